The average Bonchev–Trinajstić information content (AvgIpc) is 3.33. The first-order valence-corrected chi connectivity index (χ1v) is 16.2. The Hall–Kier alpha value is -3.37. The van der Waals surface area contributed by atoms with Crippen molar-refractivity contribution in [1.82, 2.24) is 9.97 Å². The quantitative estimate of drug-likeness (QED) is 0.137. The van der Waals surface area contributed by atoms with Crippen molar-refractivity contribution in [2.75, 3.05) is 0 Å². The van der Waals surface area contributed by atoms with Crippen LogP contribution in [0.4, 0.5) is 0 Å². The molecule has 0 fully saturated rings. The van der Waals surface area contributed by atoms with E-state index in [0.29, 0.717) is 16.8 Å². The Morgan fingerprint density at radius 1 is 0.897 bits per heavy atom. The number of hydrogen-bond donors (Lipinski definition) is 0. The van der Waals surface area contributed by atoms with Crippen molar-refractivity contribution in [3.63, 3.8) is 0 Å². The van der Waals surface area contributed by atoms with E-state index in [1.165, 1.54) is 10.8 Å². The number of nitrogens with zero attached hydrogens (tertiary/aromatic N) is 2. The van der Waals surface area contributed by atoms with Gasteiger partial charge in [-0.25, -0.2) is 0 Å². The predicted molar refractivity (Wildman–Crippen MR) is 161 cm³/mol. The predicted octanol–water partition coefficient (Wildman–Crippen LogP) is 8.46. The molecule has 0 atom stereocenters. The third-order valence-corrected chi connectivity index (χ3v) is 8.61. The molecule has 3 nitrogen and oxygen atoms in total. The summed E-state index contributed by atoms with van der Waals surface area (Å²) in [5.74, 6) is 0. The van der Waals surface area contributed by atoms with Gasteiger partial charge in [-0.3, -0.25) is 0 Å². The molecule has 0 amide bonds. The topological polar surface area (TPSA) is 38.9 Å². The minimum absolute atomic E-state index is 0. The Morgan fingerprint density at radius 3 is 2.38 bits per heavy atom. The Balaban J connectivity index is 0.000000243. The van der Waals surface area contributed by atoms with Gasteiger partial charge in [-0.15, -0.1) is 53.2 Å². The summed E-state index contributed by atoms with van der Waals surface area (Å²) in [5, 5.41) is 3.46. The molecule has 6 rings (SSSR count). The molecule has 0 aliphatic carbocycles. The number of fused-ring (bicyclic) bond motifs is 3. The van der Waals surface area contributed by atoms with Crippen molar-refractivity contribution in [3.8, 4) is 22.5 Å². The third-order valence-electron chi connectivity index (χ3n) is 6.60. The first-order valence-electron chi connectivity index (χ1n) is 14.2. The van der Waals surface area contributed by atoms with Crippen LogP contribution in [0.1, 0.15) is 20.8 Å². The molecule has 3 aromatic heterocycles. The van der Waals surface area contributed by atoms with E-state index in [1.807, 2.05) is 61.7 Å². The van der Waals surface area contributed by atoms with Gasteiger partial charge in [0.1, 0.15) is 5.58 Å². The van der Waals surface area contributed by atoms with E-state index in [4.69, 9.17) is 8.53 Å². The second kappa shape index (κ2) is 11.8. The zero-order chi connectivity index (χ0) is 29.4. The fourth-order valence-electron chi connectivity index (χ4n) is 4.51. The van der Waals surface area contributed by atoms with E-state index in [2.05, 4.69) is 59.9 Å². The summed E-state index contributed by atoms with van der Waals surface area (Å²) in [4.78, 5) is 8.82. The number of para-hydroxylation sites is 1. The first-order chi connectivity index (χ1) is 19.4. The summed E-state index contributed by atoms with van der Waals surface area (Å²) in [7, 11) is -1.66. The molecule has 0 saturated heterocycles. The van der Waals surface area contributed by atoms with Crippen molar-refractivity contribution >= 4 is 35.2 Å². The summed E-state index contributed by atoms with van der Waals surface area (Å²) in [5.41, 5.74) is 7.04. The first kappa shape index (κ1) is 24.7. The molecule has 0 N–H and O–H groups in total. The van der Waals surface area contributed by atoms with Gasteiger partial charge in [0, 0.05) is 50.1 Å². The number of furan rings is 1. The number of pyridine rings is 2. The Kier molecular flexibility index (Phi) is 7.45. The van der Waals surface area contributed by atoms with Gasteiger partial charge in [-0.2, -0.15) is 0 Å². The molecule has 0 unspecified atom stereocenters. The van der Waals surface area contributed by atoms with Gasteiger partial charge in [0.15, 0.2) is 0 Å². The monoisotopic (exact) mass is 708 g/mol. The second-order valence-electron chi connectivity index (χ2n) is 10.5. The van der Waals surface area contributed by atoms with Gasteiger partial charge >= 0.3 is 0 Å². The minimum atomic E-state index is -2.19. The minimum Gasteiger partial charge on any atom is -0.501 e. The molecule has 0 bridgehead atoms. The van der Waals surface area contributed by atoms with Gasteiger partial charge in [-0.05, 0) is 49.8 Å². The van der Waals surface area contributed by atoms with Crippen molar-refractivity contribution < 1.29 is 28.6 Å². The van der Waals surface area contributed by atoms with Crippen LogP contribution in [0.2, 0.25) is 19.6 Å². The van der Waals surface area contributed by atoms with E-state index in [1.54, 1.807) is 19.2 Å². The third kappa shape index (κ3) is 5.96. The van der Waals surface area contributed by atoms with Crippen molar-refractivity contribution in [1.29, 1.82) is 0 Å². The zero-order valence-corrected chi connectivity index (χ0v) is 26.1. The largest absolute Gasteiger partial charge is 0.501 e. The molecule has 0 aliphatic rings. The molecule has 0 spiro atoms. The van der Waals surface area contributed by atoms with Crippen LogP contribution in [0, 0.1) is 32.8 Å². The van der Waals surface area contributed by atoms with Crippen LogP contribution in [0.15, 0.2) is 89.6 Å². The zero-order valence-electron chi connectivity index (χ0n) is 25.7. The van der Waals surface area contributed by atoms with Crippen LogP contribution in [0.25, 0.3) is 44.5 Å². The molecule has 5 heteroatoms. The molecule has 0 aliphatic heterocycles. The average molecular weight is 708 g/mol. The van der Waals surface area contributed by atoms with Gasteiger partial charge in [0.05, 0.1) is 5.58 Å². The van der Waals surface area contributed by atoms with E-state index in [9.17, 15) is 0 Å². The van der Waals surface area contributed by atoms with Gasteiger partial charge in [0.2, 0.25) is 0 Å². The van der Waals surface area contributed by atoms with Crippen LogP contribution in [-0.2, 0) is 20.1 Å². The Labute approximate surface area is 249 Å². The van der Waals surface area contributed by atoms with Crippen molar-refractivity contribution in [2.45, 2.75) is 40.3 Å². The molecule has 39 heavy (non-hydrogen) atoms. The van der Waals surface area contributed by atoms with Crippen LogP contribution in [0.5, 0.6) is 0 Å². The van der Waals surface area contributed by atoms with Gasteiger partial charge in [0.25, 0.3) is 0 Å². The molecule has 3 aromatic carbocycles. The number of aromatic nitrogens is 2. The molecular weight excluding hydrogens is 673 g/mol. The van der Waals surface area contributed by atoms with Crippen LogP contribution >= 0.6 is 0 Å². The Morgan fingerprint density at radius 2 is 1.69 bits per heavy atom. The van der Waals surface area contributed by atoms with Crippen molar-refractivity contribution in [2.24, 2.45) is 0 Å². The molecule has 3 heterocycles. The molecule has 6 aromatic rings. The van der Waals surface area contributed by atoms with Gasteiger partial charge < -0.3 is 14.4 Å². The summed E-state index contributed by atoms with van der Waals surface area (Å²) in [6.07, 6.45) is 3.43. The second-order valence-corrected chi connectivity index (χ2v) is 15.5. The molecule has 1 radical (unpaired) electrons. The molecule has 199 valence electrons. The van der Waals surface area contributed by atoms with E-state index < -0.39 is 14.9 Å². The van der Waals surface area contributed by atoms with E-state index in [0.717, 1.165) is 38.8 Å². The maximum atomic E-state index is 7.82. The number of rotatable bonds is 3. The summed E-state index contributed by atoms with van der Waals surface area (Å²) in [6, 6.07) is 30.1. The van der Waals surface area contributed by atoms with Gasteiger partial charge in [-0.1, -0.05) is 72.0 Å². The maximum Gasteiger partial charge on any atom is 0.120 e. The summed E-state index contributed by atoms with van der Waals surface area (Å²) < 4.78 is 29.7. The summed E-state index contributed by atoms with van der Waals surface area (Å²) >= 11 is 0. The molecule has 0 saturated carbocycles. The Bertz CT molecular complexity index is 1830. The fraction of sp³-hybridized carbons (Fsp3) is 0.176. The SMILES string of the molecule is Cc1ccc(-c2[c-]cccc2)nc1.[2H]C([2H])([2H])c1ccnc(-c2[c-]cc([Si](C)(C)C)c3c2oc2ccccc23)c1C.[Ir]. The van der Waals surface area contributed by atoms with Crippen LogP contribution in [-0.4, -0.2) is 18.0 Å². The number of hydrogen-bond acceptors (Lipinski definition) is 3. The van der Waals surface area contributed by atoms with Crippen LogP contribution in [0.3, 0.4) is 0 Å². The standard InChI is InChI=1S/C22H22NOSi.C12H10N.Ir/c1-14-12-13-23-21(15(14)2)17-10-11-19(25(3,4)5)20-16-8-6-7-9-18(16)24-22(17)20;1-10-7-8-12(13-9-10)11-5-3-2-4-6-11;/h6-9,11-13H,1-5H3;2-5,7-9H,1H3;/q2*-1;/i1D3;;. The number of aryl methyl sites for hydroxylation is 2. The van der Waals surface area contributed by atoms with Crippen LogP contribution < -0.4 is 5.19 Å². The number of benzene rings is 3. The smallest absolute Gasteiger partial charge is 0.120 e. The normalized spacial score (nSPS) is 12.6. The van der Waals surface area contributed by atoms with E-state index in [-0.39, 0.29) is 20.1 Å². The maximum absolute atomic E-state index is 7.82. The van der Waals surface area contributed by atoms with Crippen molar-refractivity contribution in [3.05, 3.63) is 114 Å². The van der Waals surface area contributed by atoms with E-state index >= 15 is 0 Å². The summed E-state index contributed by atoms with van der Waals surface area (Å²) in [6.45, 7) is 8.55. The molecular formula is C34H32IrN2OSi-2. The fourth-order valence-corrected chi connectivity index (χ4v) is 6.01.